The average Bonchev–Trinajstić information content (AvgIpc) is 2.42. The van der Waals surface area contributed by atoms with E-state index >= 15 is 0 Å². The number of carbonyl (C=O) groups is 1. The highest BCUT2D eigenvalue weighted by Crippen LogP contribution is 2.18. The molecule has 19 heavy (non-hydrogen) atoms. The van der Waals surface area contributed by atoms with Crippen LogP contribution in [0.5, 0.6) is 0 Å². The van der Waals surface area contributed by atoms with Gasteiger partial charge in [-0.25, -0.2) is 0 Å². The number of esters is 1. The standard InChI is InChI=1S/C17H30O2/c1-2-13-16-14-11-9-7-5-3-4-6-8-10-12-15-19-17(16)18/h5,7,16H,2-4,6,8-15H2,1H3. The second-order valence-corrected chi connectivity index (χ2v) is 5.61. The Labute approximate surface area is 118 Å². The third-order valence-corrected chi connectivity index (χ3v) is 3.82. The number of hydrogen-bond donors (Lipinski definition) is 0. The smallest absolute Gasteiger partial charge is 0.308 e. The summed E-state index contributed by atoms with van der Waals surface area (Å²) in [6, 6.07) is 0. The van der Waals surface area contributed by atoms with Gasteiger partial charge in [-0.05, 0) is 44.9 Å². The first-order valence-electron chi connectivity index (χ1n) is 8.16. The van der Waals surface area contributed by atoms with Crippen LogP contribution in [0.2, 0.25) is 0 Å². The molecule has 2 nitrogen and oxygen atoms in total. The van der Waals surface area contributed by atoms with Crippen molar-refractivity contribution in [2.24, 2.45) is 5.92 Å². The van der Waals surface area contributed by atoms with Gasteiger partial charge < -0.3 is 4.74 Å². The lowest BCUT2D eigenvalue weighted by Gasteiger charge is -2.14. The van der Waals surface area contributed by atoms with Crippen LogP contribution in [0.25, 0.3) is 0 Å². The van der Waals surface area contributed by atoms with Crippen LogP contribution in [0.1, 0.15) is 77.6 Å². The predicted molar refractivity (Wildman–Crippen MR) is 80.1 cm³/mol. The molecule has 1 heterocycles. The number of carbonyl (C=O) groups excluding carboxylic acids is 1. The van der Waals surface area contributed by atoms with Crippen molar-refractivity contribution in [1.29, 1.82) is 0 Å². The highest BCUT2D eigenvalue weighted by atomic mass is 16.5. The van der Waals surface area contributed by atoms with Crippen LogP contribution in [0, 0.1) is 5.92 Å². The molecule has 1 aliphatic heterocycles. The Morgan fingerprint density at radius 2 is 1.74 bits per heavy atom. The van der Waals surface area contributed by atoms with Gasteiger partial charge in [0.2, 0.25) is 0 Å². The quantitative estimate of drug-likeness (QED) is 0.518. The molecule has 1 aliphatic rings. The van der Waals surface area contributed by atoms with Crippen LogP contribution in [0.4, 0.5) is 0 Å². The average molecular weight is 266 g/mol. The molecule has 1 rings (SSSR count). The van der Waals surface area contributed by atoms with E-state index in [9.17, 15) is 4.79 Å². The zero-order valence-electron chi connectivity index (χ0n) is 12.5. The third-order valence-electron chi connectivity index (χ3n) is 3.82. The maximum Gasteiger partial charge on any atom is 0.308 e. The summed E-state index contributed by atoms with van der Waals surface area (Å²) < 4.78 is 5.43. The van der Waals surface area contributed by atoms with Crippen molar-refractivity contribution in [3.05, 3.63) is 12.2 Å². The fourth-order valence-electron chi connectivity index (χ4n) is 2.63. The molecule has 1 unspecified atom stereocenters. The second kappa shape index (κ2) is 11.1. The van der Waals surface area contributed by atoms with Gasteiger partial charge >= 0.3 is 5.97 Å². The van der Waals surface area contributed by atoms with Crippen molar-refractivity contribution in [2.45, 2.75) is 77.6 Å². The number of cyclic esters (lactones) is 1. The molecule has 0 aromatic heterocycles. The number of rotatable bonds is 2. The van der Waals surface area contributed by atoms with Gasteiger partial charge in [0.25, 0.3) is 0 Å². The predicted octanol–water partition coefficient (Wildman–Crippen LogP) is 5.03. The van der Waals surface area contributed by atoms with Crippen LogP contribution in [-0.4, -0.2) is 12.6 Å². The van der Waals surface area contributed by atoms with E-state index in [0.29, 0.717) is 6.61 Å². The molecular weight excluding hydrogens is 236 g/mol. The summed E-state index contributed by atoms with van der Waals surface area (Å²) in [5, 5.41) is 0. The zero-order chi connectivity index (χ0) is 13.8. The van der Waals surface area contributed by atoms with Gasteiger partial charge in [-0.1, -0.05) is 44.8 Å². The summed E-state index contributed by atoms with van der Waals surface area (Å²) in [6.45, 7) is 2.76. The Hall–Kier alpha value is -0.790. The largest absolute Gasteiger partial charge is 0.465 e. The minimum Gasteiger partial charge on any atom is -0.465 e. The van der Waals surface area contributed by atoms with Gasteiger partial charge in [0.05, 0.1) is 12.5 Å². The summed E-state index contributed by atoms with van der Waals surface area (Å²) in [4.78, 5) is 12.0. The van der Waals surface area contributed by atoms with Crippen molar-refractivity contribution >= 4 is 5.97 Å². The summed E-state index contributed by atoms with van der Waals surface area (Å²) in [6.07, 6.45) is 17.1. The van der Waals surface area contributed by atoms with E-state index in [2.05, 4.69) is 19.1 Å². The monoisotopic (exact) mass is 266 g/mol. The van der Waals surface area contributed by atoms with Crippen LogP contribution < -0.4 is 0 Å². The van der Waals surface area contributed by atoms with Crippen molar-refractivity contribution < 1.29 is 9.53 Å². The van der Waals surface area contributed by atoms with Crippen LogP contribution in [0.15, 0.2) is 12.2 Å². The molecule has 0 amide bonds. The van der Waals surface area contributed by atoms with Gasteiger partial charge in [-0.3, -0.25) is 4.79 Å². The van der Waals surface area contributed by atoms with E-state index in [0.717, 1.165) is 38.5 Å². The summed E-state index contributed by atoms with van der Waals surface area (Å²) >= 11 is 0. The lowest BCUT2D eigenvalue weighted by atomic mass is 9.97. The van der Waals surface area contributed by atoms with E-state index in [1.807, 2.05) is 0 Å². The molecule has 0 aliphatic carbocycles. The van der Waals surface area contributed by atoms with Crippen molar-refractivity contribution in [1.82, 2.24) is 0 Å². The summed E-state index contributed by atoms with van der Waals surface area (Å²) in [7, 11) is 0. The number of hydrogen-bond acceptors (Lipinski definition) is 2. The Morgan fingerprint density at radius 1 is 1.05 bits per heavy atom. The van der Waals surface area contributed by atoms with E-state index in [1.165, 1.54) is 32.1 Å². The molecular formula is C17H30O2. The number of allylic oxidation sites excluding steroid dienone is 2. The summed E-state index contributed by atoms with van der Waals surface area (Å²) in [5.41, 5.74) is 0. The first kappa shape index (κ1) is 16.3. The van der Waals surface area contributed by atoms with Gasteiger partial charge in [-0.15, -0.1) is 0 Å². The molecule has 0 radical (unpaired) electrons. The fraction of sp³-hybridized carbons (Fsp3) is 0.824. The molecule has 0 saturated carbocycles. The summed E-state index contributed by atoms with van der Waals surface area (Å²) in [5.74, 6) is 0.171. The third kappa shape index (κ3) is 8.07. The Morgan fingerprint density at radius 3 is 2.53 bits per heavy atom. The Bertz CT molecular complexity index is 258. The number of ether oxygens (including phenoxy) is 1. The zero-order valence-corrected chi connectivity index (χ0v) is 12.5. The lowest BCUT2D eigenvalue weighted by Crippen LogP contribution is -2.18. The Kier molecular flexibility index (Phi) is 9.48. The molecule has 0 aromatic carbocycles. The molecule has 0 saturated heterocycles. The molecule has 110 valence electrons. The molecule has 0 spiro atoms. The maximum absolute atomic E-state index is 12.0. The SMILES string of the molecule is CCCC1CCCC=CCCCCCCCOC1=O. The van der Waals surface area contributed by atoms with E-state index in [4.69, 9.17) is 4.74 Å². The van der Waals surface area contributed by atoms with E-state index < -0.39 is 0 Å². The van der Waals surface area contributed by atoms with Gasteiger partial charge in [0, 0.05) is 0 Å². The first-order chi connectivity index (χ1) is 9.34. The van der Waals surface area contributed by atoms with Crippen LogP contribution in [-0.2, 0) is 9.53 Å². The topological polar surface area (TPSA) is 26.3 Å². The van der Waals surface area contributed by atoms with Crippen molar-refractivity contribution in [3.63, 3.8) is 0 Å². The lowest BCUT2D eigenvalue weighted by molar-refractivity contribution is -0.149. The van der Waals surface area contributed by atoms with Crippen molar-refractivity contribution in [2.75, 3.05) is 6.61 Å². The maximum atomic E-state index is 12.0. The molecule has 2 heteroatoms. The minimum absolute atomic E-state index is 0.0423. The molecule has 0 N–H and O–H groups in total. The normalized spacial score (nSPS) is 24.3. The highest BCUT2D eigenvalue weighted by Gasteiger charge is 2.18. The molecule has 0 bridgehead atoms. The second-order valence-electron chi connectivity index (χ2n) is 5.61. The molecule has 1 atom stereocenters. The fourth-order valence-corrected chi connectivity index (χ4v) is 2.63. The van der Waals surface area contributed by atoms with Crippen LogP contribution >= 0.6 is 0 Å². The van der Waals surface area contributed by atoms with E-state index in [1.54, 1.807) is 0 Å². The van der Waals surface area contributed by atoms with Gasteiger partial charge in [-0.2, -0.15) is 0 Å². The van der Waals surface area contributed by atoms with Gasteiger partial charge in [0.15, 0.2) is 0 Å². The van der Waals surface area contributed by atoms with Gasteiger partial charge in [0.1, 0.15) is 0 Å². The first-order valence-corrected chi connectivity index (χ1v) is 8.16. The van der Waals surface area contributed by atoms with E-state index in [-0.39, 0.29) is 11.9 Å². The highest BCUT2D eigenvalue weighted by molar-refractivity contribution is 5.72. The molecule has 0 fully saturated rings. The van der Waals surface area contributed by atoms with Crippen LogP contribution in [0.3, 0.4) is 0 Å². The van der Waals surface area contributed by atoms with Crippen molar-refractivity contribution in [3.8, 4) is 0 Å². The molecule has 0 aromatic rings. The minimum atomic E-state index is 0.0423. The Balaban J connectivity index is 2.41.